The molecule has 23 heavy (non-hydrogen) atoms. The third-order valence-corrected chi connectivity index (χ3v) is 5.36. The molecule has 0 unspecified atom stereocenters. The number of nitrogens with zero attached hydrogens (tertiary/aromatic N) is 4. The number of nitrogens with one attached hydrogen (secondary N) is 1. The molecule has 1 N–H and O–H groups in total. The van der Waals surface area contributed by atoms with E-state index in [-0.39, 0.29) is 6.03 Å². The lowest BCUT2D eigenvalue weighted by atomic mass is 10.4. The minimum atomic E-state index is -0.224. The Hall–Kier alpha value is -1.84. The number of urea groups is 1. The quantitative estimate of drug-likeness (QED) is 0.704. The molecule has 0 aliphatic carbocycles. The predicted octanol–water partition coefficient (Wildman–Crippen LogP) is 4.09. The van der Waals surface area contributed by atoms with Gasteiger partial charge in [-0.3, -0.25) is 10.3 Å². The molecule has 0 fully saturated rings. The molecule has 0 spiro atoms. The first-order chi connectivity index (χ1) is 11.1. The first-order valence-corrected chi connectivity index (χ1v) is 9.05. The van der Waals surface area contributed by atoms with Crippen molar-refractivity contribution in [1.82, 2.24) is 20.1 Å². The zero-order valence-corrected chi connectivity index (χ0v) is 15.3. The van der Waals surface area contributed by atoms with E-state index in [1.165, 1.54) is 11.3 Å². The van der Waals surface area contributed by atoms with Crippen molar-refractivity contribution in [1.29, 1.82) is 0 Å². The van der Waals surface area contributed by atoms with Crippen LogP contribution in [0.2, 0.25) is 0 Å². The standard InChI is InChI=1S/C14H12BrN5OS2/c1-20(8-9-5-6-11(15)22-9)14(21)17-13-19-18-12(23-13)10-4-2-3-7-16-10/h2-7H,8H2,1H3,(H,17,19,21). The van der Waals surface area contributed by atoms with Gasteiger partial charge in [0.1, 0.15) is 5.69 Å². The predicted molar refractivity (Wildman–Crippen MR) is 95.6 cm³/mol. The van der Waals surface area contributed by atoms with E-state index in [0.29, 0.717) is 16.7 Å². The largest absolute Gasteiger partial charge is 0.323 e. The van der Waals surface area contributed by atoms with Crippen molar-refractivity contribution in [2.45, 2.75) is 6.54 Å². The highest BCUT2D eigenvalue weighted by Crippen LogP contribution is 2.25. The van der Waals surface area contributed by atoms with Crippen molar-refractivity contribution in [2.24, 2.45) is 0 Å². The van der Waals surface area contributed by atoms with Crippen molar-refractivity contribution in [3.63, 3.8) is 0 Å². The van der Waals surface area contributed by atoms with Crippen molar-refractivity contribution in [3.8, 4) is 10.7 Å². The summed E-state index contributed by atoms with van der Waals surface area (Å²) in [5, 5.41) is 11.9. The molecule has 118 valence electrons. The summed E-state index contributed by atoms with van der Waals surface area (Å²) >= 11 is 6.31. The van der Waals surface area contributed by atoms with E-state index in [1.54, 1.807) is 29.5 Å². The third-order valence-electron chi connectivity index (χ3n) is 2.89. The Morgan fingerprint density at radius 3 is 2.83 bits per heavy atom. The van der Waals surface area contributed by atoms with Crippen LogP contribution in [-0.4, -0.2) is 33.2 Å². The first kappa shape index (κ1) is 16.0. The molecule has 0 saturated carbocycles. The highest BCUT2D eigenvalue weighted by Gasteiger charge is 2.14. The van der Waals surface area contributed by atoms with Crippen LogP contribution in [0.25, 0.3) is 10.7 Å². The Bertz CT molecular complexity index is 804. The van der Waals surface area contributed by atoms with Crippen molar-refractivity contribution < 1.29 is 4.79 Å². The van der Waals surface area contributed by atoms with Crippen LogP contribution in [0.1, 0.15) is 4.88 Å². The fourth-order valence-corrected chi connectivity index (χ4v) is 4.04. The number of anilines is 1. The summed E-state index contributed by atoms with van der Waals surface area (Å²) in [5.74, 6) is 0. The lowest BCUT2D eigenvalue weighted by Gasteiger charge is -2.15. The zero-order chi connectivity index (χ0) is 16.2. The van der Waals surface area contributed by atoms with Gasteiger partial charge in [-0.1, -0.05) is 17.4 Å². The number of hydrogen-bond donors (Lipinski definition) is 1. The fourth-order valence-electron chi connectivity index (χ4n) is 1.80. The molecule has 6 nitrogen and oxygen atoms in total. The van der Waals surface area contributed by atoms with E-state index < -0.39 is 0 Å². The minimum absolute atomic E-state index is 0.224. The number of aromatic nitrogens is 3. The molecule has 0 aromatic carbocycles. The maximum atomic E-state index is 12.2. The van der Waals surface area contributed by atoms with Gasteiger partial charge < -0.3 is 4.90 Å². The van der Waals surface area contributed by atoms with Crippen molar-refractivity contribution in [2.75, 3.05) is 12.4 Å². The van der Waals surface area contributed by atoms with Gasteiger partial charge in [-0.05, 0) is 40.2 Å². The van der Waals surface area contributed by atoms with Crippen LogP contribution in [0, 0.1) is 0 Å². The molecule has 0 aliphatic rings. The Balaban J connectivity index is 1.63. The summed E-state index contributed by atoms with van der Waals surface area (Å²) in [6.07, 6.45) is 1.70. The lowest BCUT2D eigenvalue weighted by Crippen LogP contribution is -2.30. The average molecular weight is 410 g/mol. The molecule has 0 bridgehead atoms. The average Bonchev–Trinajstić information content (AvgIpc) is 3.17. The first-order valence-electron chi connectivity index (χ1n) is 6.63. The van der Waals surface area contributed by atoms with Gasteiger partial charge >= 0.3 is 6.03 Å². The van der Waals surface area contributed by atoms with Gasteiger partial charge in [-0.15, -0.1) is 21.5 Å². The monoisotopic (exact) mass is 409 g/mol. The fraction of sp³-hybridized carbons (Fsp3) is 0.143. The van der Waals surface area contributed by atoms with E-state index in [9.17, 15) is 4.79 Å². The number of carbonyl (C=O) groups excluding carboxylic acids is 1. The Labute approximate surface area is 149 Å². The second-order valence-electron chi connectivity index (χ2n) is 4.62. The second-order valence-corrected chi connectivity index (χ2v) is 8.14. The molecule has 0 saturated heterocycles. The molecule has 3 rings (SSSR count). The summed E-state index contributed by atoms with van der Waals surface area (Å²) < 4.78 is 1.05. The van der Waals surface area contributed by atoms with Crippen LogP contribution in [0.3, 0.4) is 0 Å². The summed E-state index contributed by atoms with van der Waals surface area (Å²) in [4.78, 5) is 19.1. The Kier molecular flexibility index (Phi) is 4.99. The van der Waals surface area contributed by atoms with E-state index in [4.69, 9.17) is 0 Å². The summed E-state index contributed by atoms with van der Waals surface area (Å²) in [5.41, 5.74) is 0.738. The van der Waals surface area contributed by atoms with E-state index in [0.717, 1.165) is 14.4 Å². The Morgan fingerprint density at radius 1 is 1.26 bits per heavy atom. The molecule has 9 heteroatoms. The second kappa shape index (κ2) is 7.16. The molecule has 3 heterocycles. The van der Waals surface area contributed by atoms with Crippen LogP contribution in [0.5, 0.6) is 0 Å². The van der Waals surface area contributed by atoms with Gasteiger partial charge in [0, 0.05) is 18.1 Å². The van der Waals surface area contributed by atoms with Crippen LogP contribution in [0.4, 0.5) is 9.93 Å². The summed E-state index contributed by atoms with van der Waals surface area (Å²) in [7, 11) is 1.74. The zero-order valence-electron chi connectivity index (χ0n) is 12.1. The highest BCUT2D eigenvalue weighted by molar-refractivity contribution is 9.11. The van der Waals surface area contributed by atoms with Gasteiger partial charge in [0.15, 0.2) is 5.01 Å². The van der Waals surface area contributed by atoms with Crippen molar-refractivity contribution >= 4 is 49.8 Å². The normalized spacial score (nSPS) is 10.5. The van der Waals surface area contributed by atoms with Crippen LogP contribution < -0.4 is 5.32 Å². The van der Waals surface area contributed by atoms with E-state index >= 15 is 0 Å². The molecule has 3 aromatic rings. The van der Waals surface area contributed by atoms with Gasteiger partial charge in [0.25, 0.3) is 0 Å². The number of rotatable bonds is 4. The summed E-state index contributed by atoms with van der Waals surface area (Å²) in [6, 6.07) is 9.31. The number of pyridine rings is 1. The topological polar surface area (TPSA) is 71.0 Å². The van der Waals surface area contributed by atoms with Gasteiger partial charge in [-0.2, -0.15) is 0 Å². The maximum Gasteiger partial charge on any atom is 0.323 e. The van der Waals surface area contributed by atoms with Crippen LogP contribution in [0.15, 0.2) is 40.3 Å². The molecule has 0 radical (unpaired) electrons. The maximum absolute atomic E-state index is 12.2. The van der Waals surface area contributed by atoms with E-state index in [2.05, 4.69) is 36.4 Å². The lowest BCUT2D eigenvalue weighted by molar-refractivity contribution is 0.221. The molecule has 2 amide bonds. The van der Waals surface area contributed by atoms with Crippen molar-refractivity contribution in [3.05, 3.63) is 45.2 Å². The number of hydrogen-bond acceptors (Lipinski definition) is 6. The van der Waals surface area contributed by atoms with Crippen LogP contribution >= 0.6 is 38.6 Å². The van der Waals surface area contributed by atoms with Gasteiger partial charge in [-0.25, -0.2) is 4.79 Å². The van der Waals surface area contributed by atoms with Crippen LogP contribution in [-0.2, 0) is 6.54 Å². The minimum Gasteiger partial charge on any atom is -0.322 e. The number of carbonyl (C=O) groups is 1. The van der Waals surface area contributed by atoms with E-state index in [1.807, 2.05) is 30.3 Å². The SMILES string of the molecule is CN(Cc1ccc(Br)s1)C(=O)Nc1nnc(-c2ccccn2)s1. The molecule has 0 atom stereocenters. The molecule has 0 aliphatic heterocycles. The summed E-state index contributed by atoms with van der Waals surface area (Å²) in [6.45, 7) is 0.536. The third kappa shape index (κ3) is 4.12. The number of thiophene rings is 1. The number of amides is 2. The van der Waals surface area contributed by atoms with Gasteiger partial charge in [0.2, 0.25) is 5.13 Å². The molecule has 3 aromatic heterocycles. The highest BCUT2D eigenvalue weighted by atomic mass is 79.9. The Morgan fingerprint density at radius 2 is 2.13 bits per heavy atom. The molecular weight excluding hydrogens is 398 g/mol. The smallest absolute Gasteiger partial charge is 0.322 e. The van der Waals surface area contributed by atoms with Gasteiger partial charge in [0.05, 0.1) is 10.3 Å². The number of halogens is 1. The molecular formula is C14H12BrN5OS2.